The van der Waals surface area contributed by atoms with Gasteiger partial charge in [-0.15, -0.1) is 0 Å². The van der Waals surface area contributed by atoms with E-state index in [9.17, 15) is 10.1 Å². The largest absolute Gasteiger partial charge is 0.481 e. The Morgan fingerprint density at radius 3 is 3.00 bits per heavy atom. The minimum Gasteiger partial charge on any atom is -0.481 e. The molecule has 0 saturated heterocycles. The summed E-state index contributed by atoms with van der Waals surface area (Å²) < 4.78 is 5.45. The van der Waals surface area contributed by atoms with Crippen LogP contribution in [0.2, 0.25) is 0 Å². The minimum atomic E-state index is -0.455. The topological polar surface area (TPSA) is 64.4 Å². The third kappa shape index (κ3) is 1.75. The van der Waals surface area contributed by atoms with Gasteiger partial charge in [0.2, 0.25) is 0 Å². The molecule has 0 spiro atoms. The molecule has 5 nitrogen and oxygen atoms in total. The average molecular weight is 224 g/mol. The molecule has 1 aromatic carbocycles. The molecule has 1 unspecified atom stereocenters. The van der Waals surface area contributed by atoms with Crippen molar-refractivity contribution in [3.63, 3.8) is 0 Å². The lowest BCUT2D eigenvalue weighted by atomic mass is 10.2. The number of thiocarbonyl (C=S) groups is 1. The summed E-state index contributed by atoms with van der Waals surface area (Å²) in [4.78, 5) is 10.6. The number of non-ortho nitro benzene ring substituents is 1. The van der Waals surface area contributed by atoms with Crippen molar-refractivity contribution in [2.45, 2.75) is 13.0 Å². The third-order valence-corrected chi connectivity index (χ3v) is 2.54. The van der Waals surface area contributed by atoms with Crippen LogP contribution in [0, 0.1) is 10.1 Å². The first-order valence-electron chi connectivity index (χ1n) is 4.34. The SMILES string of the molecule is CC1Oc2ccc([N+](=O)[O-])cc2NC1=S. The Balaban J connectivity index is 2.41. The zero-order valence-electron chi connectivity index (χ0n) is 7.89. The van der Waals surface area contributed by atoms with Gasteiger partial charge in [-0.25, -0.2) is 0 Å². The first-order valence-corrected chi connectivity index (χ1v) is 4.75. The molecule has 0 aliphatic carbocycles. The lowest BCUT2D eigenvalue weighted by Crippen LogP contribution is -2.32. The normalized spacial score (nSPS) is 18.7. The van der Waals surface area contributed by atoms with Crippen LogP contribution < -0.4 is 10.1 Å². The molecule has 2 rings (SSSR count). The highest BCUT2D eigenvalue weighted by Gasteiger charge is 2.22. The second-order valence-electron chi connectivity index (χ2n) is 3.19. The Kier molecular flexibility index (Phi) is 2.28. The molecule has 0 radical (unpaired) electrons. The molecule has 0 aromatic heterocycles. The number of hydrogen-bond acceptors (Lipinski definition) is 4. The number of nitro benzene ring substituents is 1. The van der Waals surface area contributed by atoms with E-state index in [2.05, 4.69) is 5.32 Å². The fourth-order valence-electron chi connectivity index (χ4n) is 1.31. The second kappa shape index (κ2) is 3.47. The van der Waals surface area contributed by atoms with E-state index in [0.29, 0.717) is 16.4 Å². The van der Waals surface area contributed by atoms with E-state index in [1.54, 1.807) is 6.07 Å². The molecule has 1 aliphatic rings. The zero-order chi connectivity index (χ0) is 11.0. The lowest BCUT2D eigenvalue weighted by molar-refractivity contribution is -0.384. The van der Waals surface area contributed by atoms with Gasteiger partial charge < -0.3 is 10.1 Å². The van der Waals surface area contributed by atoms with E-state index in [0.717, 1.165) is 0 Å². The van der Waals surface area contributed by atoms with Gasteiger partial charge in [-0.05, 0) is 13.0 Å². The molecule has 0 saturated carbocycles. The number of fused-ring (bicyclic) bond motifs is 1. The second-order valence-corrected chi connectivity index (χ2v) is 3.63. The van der Waals surface area contributed by atoms with Crippen LogP contribution in [0.25, 0.3) is 0 Å². The van der Waals surface area contributed by atoms with Gasteiger partial charge in [0.15, 0.2) is 0 Å². The van der Waals surface area contributed by atoms with E-state index in [4.69, 9.17) is 17.0 Å². The molecule has 1 atom stereocenters. The quantitative estimate of drug-likeness (QED) is 0.449. The summed E-state index contributed by atoms with van der Waals surface area (Å²) in [5.41, 5.74) is 0.564. The predicted octanol–water partition coefficient (Wildman–Crippen LogP) is 2.11. The van der Waals surface area contributed by atoms with Crippen LogP contribution in [-0.4, -0.2) is 16.0 Å². The summed E-state index contributed by atoms with van der Waals surface area (Å²) in [6.07, 6.45) is -0.200. The fraction of sp³-hybridized carbons (Fsp3) is 0.222. The third-order valence-electron chi connectivity index (χ3n) is 2.10. The van der Waals surface area contributed by atoms with Gasteiger partial charge in [0.05, 0.1) is 10.6 Å². The molecule has 1 aromatic rings. The fourth-order valence-corrected chi connectivity index (χ4v) is 1.47. The van der Waals surface area contributed by atoms with E-state index in [1.807, 2.05) is 6.92 Å². The average Bonchev–Trinajstić information content (AvgIpc) is 2.19. The maximum absolute atomic E-state index is 10.5. The molecule has 1 heterocycles. The Morgan fingerprint density at radius 1 is 1.60 bits per heavy atom. The highest BCUT2D eigenvalue weighted by atomic mass is 32.1. The smallest absolute Gasteiger partial charge is 0.271 e. The predicted molar refractivity (Wildman–Crippen MR) is 59.4 cm³/mol. The molecule has 15 heavy (non-hydrogen) atoms. The van der Waals surface area contributed by atoms with Crippen molar-refractivity contribution in [2.75, 3.05) is 5.32 Å². The lowest BCUT2D eigenvalue weighted by Gasteiger charge is -2.24. The van der Waals surface area contributed by atoms with Gasteiger partial charge in [-0.3, -0.25) is 10.1 Å². The number of rotatable bonds is 1. The number of anilines is 1. The highest BCUT2D eigenvalue weighted by molar-refractivity contribution is 7.80. The van der Waals surface area contributed by atoms with Crippen LogP contribution in [0.4, 0.5) is 11.4 Å². The molecular formula is C9H8N2O3S. The summed E-state index contributed by atoms with van der Waals surface area (Å²) in [5, 5.41) is 13.4. The molecule has 78 valence electrons. The Hall–Kier alpha value is -1.69. The number of benzene rings is 1. The summed E-state index contributed by atoms with van der Waals surface area (Å²) in [5.74, 6) is 0.585. The van der Waals surface area contributed by atoms with Crippen molar-refractivity contribution in [1.29, 1.82) is 0 Å². The van der Waals surface area contributed by atoms with E-state index < -0.39 is 4.92 Å². The van der Waals surface area contributed by atoms with Crippen LogP contribution in [0.3, 0.4) is 0 Å². The molecule has 0 fully saturated rings. The van der Waals surface area contributed by atoms with Crippen LogP contribution in [-0.2, 0) is 0 Å². The van der Waals surface area contributed by atoms with Crippen molar-refractivity contribution in [1.82, 2.24) is 0 Å². The Labute approximate surface area is 91.2 Å². The van der Waals surface area contributed by atoms with Crippen molar-refractivity contribution in [2.24, 2.45) is 0 Å². The van der Waals surface area contributed by atoms with Gasteiger partial charge >= 0.3 is 0 Å². The number of nitrogens with zero attached hydrogens (tertiary/aromatic N) is 1. The summed E-state index contributed by atoms with van der Waals surface area (Å²) in [7, 11) is 0. The van der Waals surface area contributed by atoms with E-state index in [-0.39, 0.29) is 11.8 Å². The molecule has 1 N–H and O–H groups in total. The maximum atomic E-state index is 10.5. The molecule has 0 bridgehead atoms. The monoisotopic (exact) mass is 224 g/mol. The van der Waals surface area contributed by atoms with Crippen LogP contribution in [0.1, 0.15) is 6.92 Å². The van der Waals surface area contributed by atoms with Gasteiger partial charge in [0, 0.05) is 12.1 Å². The van der Waals surface area contributed by atoms with E-state index >= 15 is 0 Å². The van der Waals surface area contributed by atoms with Gasteiger partial charge in [-0.1, -0.05) is 12.2 Å². The standard InChI is InChI=1S/C9H8N2O3S/c1-5-9(15)10-7-4-6(11(12)13)2-3-8(7)14-5/h2-5H,1H3,(H,10,15). The first-order chi connectivity index (χ1) is 7.08. The van der Waals surface area contributed by atoms with Gasteiger partial charge in [0.1, 0.15) is 16.8 Å². The van der Waals surface area contributed by atoms with E-state index in [1.165, 1.54) is 12.1 Å². The summed E-state index contributed by atoms with van der Waals surface area (Å²) in [6.45, 7) is 1.82. The Morgan fingerprint density at radius 2 is 2.33 bits per heavy atom. The highest BCUT2D eigenvalue weighted by Crippen LogP contribution is 2.32. The van der Waals surface area contributed by atoms with Gasteiger partial charge in [-0.2, -0.15) is 0 Å². The molecule has 1 aliphatic heterocycles. The molecule has 0 amide bonds. The zero-order valence-corrected chi connectivity index (χ0v) is 8.71. The minimum absolute atomic E-state index is 0.0159. The van der Waals surface area contributed by atoms with Crippen molar-refractivity contribution in [3.8, 4) is 5.75 Å². The first kappa shape index (κ1) is 9.85. The summed E-state index contributed by atoms with van der Waals surface area (Å²) in [6, 6.07) is 4.38. The van der Waals surface area contributed by atoms with Crippen molar-refractivity contribution in [3.05, 3.63) is 28.3 Å². The number of nitro groups is 1. The number of hydrogen-bond donors (Lipinski definition) is 1. The molecule has 6 heteroatoms. The molecular weight excluding hydrogens is 216 g/mol. The number of nitrogens with one attached hydrogen (secondary N) is 1. The van der Waals surface area contributed by atoms with Crippen LogP contribution >= 0.6 is 12.2 Å². The maximum Gasteiger partial charge on any atom is 0.271 e. The Bertz CT molecular complexity index is 447. The van der Waals surface area contributed by atoms with Crippen molar-refractivity contribution < 1.29 is 9.66 Å². The van der Waals surface area contributed by atoms with Gasteiger partial charge in [0.25, 0.3) is 5.69 Å². The summed E-state index contributed by atoms with van der Waals surface area (Å²) >= 11 is 5.01. The van der Waals surface area contributed by atoms with Crippen LogP contribution in [0.15, 0.2) is 18.2 Å². The van der Waals surface area contributed by atoms with Crippen molar-refractivity contribution >= 4 is 28.6 Å². The number of ether oxygens (including phenoxy) is 1. The van der Waals surface area contributed by atoms with Crippen LogP contribution in [0.5, 0.6) is 5.75 Å².